The summed E-state index contributed by atoms with van der Waals surface area (Å²) >= 11 is 5.99. The molecule has 1 aromatic rings. The van der Waals surface area contributed by atoms with Crippen LogP contribution < -0.4 is 10.6 Å². The van der Waals surface area contributed by atoms with Crippen LogP contribution >= 0.6 is 11.6 Å². The summed E-state index contributed by atoms with van der Waals surface area (Å²) in [5.74, 6) is -0.380. The van der Waals surface area contributed by atoms with Gasteiger partial charge in [0.05, 0.1) is 0 Å². The van der Waals surface area contributed by atoms with Crippen molar-refractivity contribution in [2.75, 3.05) is 11.9 Å². The second-order valence-corrected chi connectivity index (χ2v) is 4.44. The molecule has 0 atom stereocenters. The van der Waals surface area contributed by atoms with Crippen molar-refractivity contribution in [3.8, 4) is 6.07 Å². The Hall–Kier alpha value is -1.99. The number of hydrogen-bond acceptors (Lipinski definition) is 3. The summed E-state index contributed by atoms with van der Waals surface area (Å²) in [4.78, 5) is 11.6. The molecule has 1 amide bonds. The molecule has 0 bridgehead atoms. The molecule has 0 saturated heterocycles. The van der Waals surface area contributed by atoms with Gasteiger partial charge in [-0.1, -0.05) is 24.6 Å². The smallest absolute Gasteiger partial charge is 0.263 e. The first kappa shape index (κ1) is 15.1. The van der Waals surface area contributed by atoms with E-state index in [0.29, 0.717) is 11.6 Å². The molecule has 0 radical (unpaired) electrons. The molecule has 100 valence electrons. The van der Waals surface area contributed by atoms with E-state index in [-0.39, 0.29) is 11.5 Å². The minimum Gasteiger partial charge on any atom is -0.360 e. The van der Waals surface area contributed by atoms with E-state index in [4.69, 9.17) is 16.9 Å². The molecule has 0 aliphatic heterocycles. The number of amides is 1. The van der Waals surface area contributed by atoms with Crippen molar-refractivity contribution in [1.82, 2.24) is 5.32 Å². The van der Waals surface area contributed by atoms with Crippen LogP contribution in [0.25, 0.3) is 0 Å². The molecule has 0 aliphatic rings. The molecule has 2 N–H and O–H groups in total. The summed E-state index contributed by atoms with van der Waals surface area (Å²) in [6.45, 7) is 4.40. The van der Waals surface area contributed by atoms with Crippen molar-refractivity contribution in [3.05, 3.63) is 40.6 Å². The average Bonchev–Trinajstić information content (AvgIpc) is 2.41. The van der Waals surface area contributed by atoms with Crippen molar-refractivity contribution in [2.45, 2.75) is 20.3 Å². The molecule has 0 spiro atoms. The highest BCUT2D eigenvalue weighted by Crippen LogP contribution is 2.20. The summed E-state index contributed by atoms with van der Waals surface area (Å²) in [5, 5.41) is 15.1. The molecule has 4 nitrogen and oxygen atoms in total. The Balaban J connectivity index is 2.74. The Morgan fingerprint density at radius 2 is 2.26 bits per heavy atom. The summed E-state index contributed by atoms with van der Waals surface area (Å²) in [7, 11) is 0. The quantitative estimate of drug-likeness (QED) is 0.642. The van der Waals surface area contributed by atoms with Gasteiger partial charge in [-0.05, 0) is 31.0 Å². The van der Waals surface area contributed by atoms with E-state index in [9.17, 15) is 4.79 Å². The van der Waals surface area contributed by atoms with E-state index >= 15 is 0 Å². The third-order valence-corrected chi connectivity index (χ3v) is 2.86. The predicted octanol–water partition coefficient (Wildman–Crippen LogP) is 2.99. The van der Waals surface area contributed by atoms with Crippen LogP contribution in [0.5, 0.6) is 0 Å². The molecule has 0 aromatic heterocycles. The molecular weight excluding hydrogens is 262 g/mol. The number of rotatable bonds is 5. The maximum atomic E-state index is 11.6. The van der Waals surface area contributed by atoms with Crippen LogP contribution in [0.3, 0.4) is 0 Å². The highest BCUT2D eigenvalue weighted by Gasteiger charge is 2.07. The number of benzene rings is 1. The Morgan fingerprint density at radius 3 is 2.84 bits per heavy atom. The Bertz CT molecular complexity index is 532. The predicted molar refractivity (Wildman–Crippen MR) is 76.8 cm³/mol. The lowest BCUT2D eigenvalue weighted by atomic mass is 10.2. The lowest BCUT2D eigenvalue weighted by Crippen LogP contribution is -2.25. The Morgan fingerprint density at radius 1 is 1.53 bits per heavy atom. The summed E-state index contributed by atoms with van der Waals surface area (Å²) < 4.78 is 0. The molecule has 0 heterocycles. The van der Waals surface area contributed by atoms with E-state index in [1.807, 2.05) is 32.0 Å². The second-order valence-electron chi connectivity index (χ2n) is 4.03. The van der Waals surface area contributed by atoms with Crippen LogP contribution in [-0.4, -0.2) is 12.5 Å². The summed E-state index contributed by atoms with van der Waals surface area (Å²) in [5.41, 5.74) is 1.73. The third-order valence-electron chi connectivity index (χ3n) is 2.46. The molecule has 0 saturated carbocycles. The van der Waals surface area contributed by atoms with E-state index in [1.54, 1.807) is 6.07 Å². The number of carbonyl (C=O) groups excluding carboxylic acids is 1. The highest BCUT2D eigenvalue weighted by atomic mass is 35.5. The van der Waals surface area contributed by atoms with E-state index in [0.717, 1.165) is 17.7 Å². The largest absolute Gasteiger partial charge is 0.360 e. The van der Waals surface area contributed by atoms with Gasteiger partial charge in [0, 0.05) is 23.5 Å². The Labute approximate surface area is 118 Å². The number of nitrogens with one attached hydrogen (secondary N) is 2. The lowest BCUT2D eigenvalue weighted by Gasteiger charge is -2.05. The topological polar surface area (TPSA) is 64.9 Å². The second kappa shape index (κ2) is 7.45. The van der Waals surface area contributed by atoms with Crippen molar-refractivity contribution < 1.29 is 4.79 Å². The molecule has 5 heteroatoms. The van der Waals surface area contributed by atoms with Gasteiger partial charge in [0.25, 0.3) is 5.91 Å². The fraction of sp³-hybridized carbons (Fsp3) is 0.286. The highest BCUT2D eigenvalue weighted by molar-refractivity contribution is 6.31. The standard InChI is InChI=1S/C14H16ClN3O/c1-3-6-17-14(19)11(8-16)9-18-12-5-4-10(2)13(15)7-12/h4-5,7,9,18H,3,6H2,1-2H3,(H,17,19)/b11-9-. The van der Waals surface area contributed by atoms with Gasteiger partial charge < -0.3 is 10.6 Å². The van der Waals surface area contributed by atoms with Crippen LogP contribution in [0.1, 0.15) is 18.9 Å². The summed E-state index contributed by atoms with van der Waals surface area (Å²) in [6.07, 6.45) is 2.21. The van der Waals surface area contributed by atoms with E-state index in [1.165, 1.54) is 6.20 Å². The van der Waals surface area contributed by atoms with Gasteiger partial charge in [-0.15, -0.1) is 0 Å². The van der Waals surface area contributed by atoms with Crippen LogP contribution in [0.15, 0.2) is 30.0 Å². The molecule has 1 rings (SSSR count). The Kier molecular flexibility index (Phi) is 5.91. The first-order chi connectivity index (χ1) is 9.08. The van der Waals surface area contributed by atoms with Crippen molar-refractivity contribution in [3.63, 3.8) is 0 Å². The molecular formula is C14H16ClN3O. The molecule has 1 aromatic carbocycles. The van der Waals surface area contributed by atoms with Crippen molar-refractivity contribution in [2.24, 2.45) is 0 Å². The van der Waals surface area contributed by atoms with Gasteiger partial charge in [0.15, 0.2) is 0 Å². The SMILES string of the molecule is CCCNC(=O)/C(C#N)=C\Nc1ccc(C)c(Cl)c1. The number of carbonyl (C=O) groups is 1. The van der Waals surface area contributed by atoms with E-state index < -0.39 is 0 Å². The van der Waals surface area contributed by atoms with E-state index in [2.05, 4.69) is 10.6 Å². The lowest BCUT2D eigenvalue weighted by molar-refractivity contribution is -0.117. The fourth-order valence-electron chi connectivity index (χ4n) is 1.32. The van der Waals surface area contributed by atoms with Crippen LogP contribution in [0.2, 0.25) is 5.02 Å². The number of nitriles is 1. The van der Waals surface area contributed by atoms with Gasteiger partial charge in [0.1, 0.15) is 11.6 Å². The normalized spacial score (nSPS) is 10.7. The number of hydrogen-bond donors (Lipinski definition) is 2. The van der Waals surface area contributed by atoms with Gasteiger partial charge in [-0.2, -0.15) is 5.26 Å². The maximum absolute atomic E-state index is 11.6. The van der Waals surface area contributed by atoms with Gasteiger partial charge in [0.2, 0.25) is 0 Å². The van der Waals surface area contributed by atoms with Crippen LogP contribution in [-0.2, 0) is 4.79 Å². The van der Waals surface area contributed by atoms with Crippen molar-refractivity contribution in [1.29, 1.82) is 5.26 Å². The zero-order valence-electron chi connectivity index (χ0n) is 11.0. The summed E-state index contributed by atoms with van der Waals surface area (Å²) in [6, 6.07) is 7.30. The first-order valence-electron chi connectivity index (χ1n) is 5.99. The van der Waals surface area contributed by atoms with Gasteiger partial charge >= 0.3 is 0 Å². The zero-order chi connectivity index (χ0) is 14.3. The van der Waals surface area contributed by atoms with Crippen molar-refractivity contribution >= 4 is 23.2 Å². The van der Waals surface area contributed by atoms with Crippen LogP contribution in [0, 0.1) is 18.3 Å². The van der Waals surface area contributed by atoms with Gasteiger partial charge in [-0.25, -0.2) is 0 Å². The van der Waals surface area contributed by atoms with Gasteiger partial charge in [-0.3, -0.25) is 4.79 Å². The molecule has 0 fully saturated rings. The molecule has 0 aliphatic carbocycles. The third kappa shape index (κ3) is 4.65. The minimum absolute atomic E-state index is 0.0325. The monoisotopic (exact) mass is 277 g/mol. The first-order valence-corrected chi connectivity index (χ1v) is 6.37. The fourth-order valence-corrected chi connectivity index (χ4v) is 1.50. The number of anilines is 1. The maximum Gasteiger partial charge on any atom is 0.263 e. The zero-order valence-corrected chi connectivity index (χ0v) is 11.7. The number of halogens is 1. The van der Waals surface area contributed by atoms with Crippen LogP contribution in [0.4, 0.5) is 5.69 Å². The average molecular weight is 278 g/mol. The number of nitrogens with zero attached hydrogens (tertiary/aromatic N) is 1. The molecule has 19 heavy (non-hydrogen) atoms. The number of aryl methyl sites for hydroxylation is 1. The molecule has 0 unspecified atom stereocenters. The minimum atomic E-state index is -0.380.